The van der Waals surface area contributed by atoms with Crippen LogP contribution >= 0.6 is 11.6 Å². The molecular weight excluding hydrogens is 585 g/mol. The van der Waals surface area contributed by atoms with Crippen molar-refractivity contribution in [3.05, 3.63) is 76.8 Å². The highest BCUT2D eigenvalue weighted by molar-refractivity contribution is 7.92. The summed E-state index contributed by atoms with van der Waals surface area (Å²) in [7, 11) is -3.42. The normalized spacial score (nSPS) is 16.3. The van der Waals surface area contributed by atoms with Crippen molar-refractivity contribution >= 4 is 33.3 Å². The Labute approximate surface area is 230 Å². The van der Waals surface area contributed by atoms with E-state index >= 15 is 0 Å². The number of fused-ring (bicyclic) bond motifs is 1. The Morgan fingerprint density at radius 3 is 2.55 bits per heavy atom. The molecule has 3 aromatic carbocycles. The predicted molar refractivity (Wildman–Crippen MR) is 135 cm³/mol. The van der Waals surface area contributed by atoms with Gasteiger partial charge in [0.05, 0.1) is 40.2 Å². The second kappa shape index (κ2) is 11.2. The molecule has 4 rings (SSSR count). The summed E-state index contributed by atoms with van der Waals surface area (Å²) in [6.45, 7) is -0.699. The molecule has 2 atom stereocenters. The number of ether oxygens (including phenoxy) is 2. The Kier molecular flexibility index (Phi) is 8.29. The van der Waals surface area contributed by atoms with Gasteiger partial charge in [0.2, 0.25) is 0 Å². The zero-order valence-corrected chi connectivity index (χ0v) is 22.2. The number of rotatable bonds is 8. The van der Waals surface area contributed by atoms with E-state index in [0.717, 1.165) is 28.6 Å². The summed E-state index contributed by atoms with van der Waals surface area (Å²) in [5, 5.41) is 9.00. The van der Waals surface area contributed by atoms with E-state index in [1.165, 1.54) is 25.3 Å². The van der Waals surface area contributed by atoms with Crippen molar-refractivity contribution in [2.45, 2.75) is 23.6 Å². The zero-order valence-electron chi connectivity index (χ0n) is 20.6. The Bertz CT molecular complexity index is 1550. The average molecular weight is 606 g/mol. The number of hydrogen-bond acceptors (Lipinski definition) is 5. The number of alkyl halides is 3. The highest BCUT2D eigenvalue weighted by atomic mass is 35.5. The van der Waals surface area contributed by atoms with Gasteiger partial charge in [0.25, 0.3) is 10.0 Å². The number of carboxylic acids is 1. The molecule has 0 radical (unpaired) electrons. The van der Waals surface area contributed by atoms with Gasteiger partial charge in [-0.2, -0.15) is 13.2 Å². The molecule has 1 heterocycles. The summed E-state index contributed by atoms with van der Waals surface area (Å²) < 4.78 is 108. The van der Waals surface area contributed by atoms with E-state index in [1.54, 1.807) is 0 Å². The number of aliphatic carboxylic acids is 1. The van der Waals surface area contributed by atoms with Crippen LogP contribution in [0.3, 0.4) is 0 Å². The molecule has 0 fully saturated rings. The van der Waals surface area contributed by atoms with Gasteiger partial charge in [-0.05, 0) is 48.0 Å². The molecule has 1 N–H and O–H groups in total. The number of anilines is 1. The van der Waals surface area contributed by atoms with Gasteiger partial charge >= 0.3 is 12.1 Å². The van der Waals surface area contributed by atoms with Gasteiger partial charge in [-0.15, -0.1) is 0 Å². The first-order valence-corrected chi connectivity index (χ1v) is 13.4. The lowest BCUT2D eigenvalue weighted by Gasteiger charge is -2.36. The topological polar surface area (TPSA) is 93.1 Å². The van der Waals surface area contributed by atoms with Gasteiger partial charge in [0.15, 0.2) is 0 Å². The van der Waals surface area contributed by atoms with E-state index in [2.05, 4.69) is 0 Å². The summed E-state index contributed by atoms with van der Waals surface area (Å²) >= 11 is 5.77. The van der Waals surface area contributed by atoms with Crippen molar-refractivity contribution in [2.24, 2.45) is 5.92 Å². The highest BCUT2D eigenvalue weighted by Crippen LogP contribution is 2.42. The number of benzene rings is 3. The molecule has 14 heteroatoms. The molecule has 214 valence electrons. The molecule has 0 aromatic heterocycles. The number of nitrogens with zero attached hydrogens (tertiary/aromatic N) is 1. The summed E-state index contributed by atoms with van der Waals surface area (Å²) in [4.78, 5) is 11.0. The van der Waals surface area contributed by atoms with Gasteiger partial charge in [0, 0.05) is 19.1 Å². The average Bonchev–Trinajstić information content (AvgIpc) is 2.89. The van der Waals surface area contributed by atoms with E-state index < -0.39 is 67.9 Å². The Morgan fingerprint density at radius 2 is 1.90 bits per heavy atom. The van der Waals surface area contributed by atoms with Crippen molar-refractivity contribution in [3.8, 4) is 16.9 Å². The van der Waals surface area contributed by atoms with Crippen LogP contribution < -0.4 is 9.04 Å². The van der Waals surface area contributed by atoms with Crippen LogP contribution in [0.15, 0.2) is 59.5 Å². The molecular formula is C26H21ClF5NO6S. The zero-order chi connectivity index (χ0) is 29.4. The Hall–Kier alpha value is -3.42. The van der Waals surface area contributed by atoms with E-state index in [9.17, 15) is 40.3 Å². The fourth-order valence-corrected chi connectivity index (χ4v) is 6.07. The standard InChI is InChI=1S/C26H21ClF5NO6S/c1-38-13-15(25(34)35)7-18-12-33(40(36,37)19-4-2-3-16(9-19)26(30,31)32)22-8-14(5-6-23(22)39-18)20-10-17(28)11-21(27)24(20)29/h2-6,8-11,15,18H,7,12-13H2,1H3,(H,34,35)/t15?,18-/m0/s1. The maximum absolute atomic E-state index is 14.8. The fraction of sp³-hybridized carbons (Fsp3) is 0.269. The van der Waals surface area contributed by atoms with Crippen molar-refractivity contribution in [3.63, 3.8) is 0 Å². The Morgan fingerprint density at radius 1 is 1.18 bits per heavy atom. The maximum Gasteiger partial charge on any atom is 0.416 e. The third-order valence-electron chi connectivity index (χ3n) is 6.21. The van der Waals surface area contributed by atoms with Crippen LogP contribution in [0.25, 0.3) is 11.1 Å². The van der Waals surface area contributed by atoms with Gasteiger partial charge in [-0.3, -0.25) is 9.10 Å². The minimum atomic E-state index is -4.83. The molecule has 1 aliphatic heterocycles. The maximum atomic E-state index is 14.8. The summed E-state index contributed by atoms with van der Waals surface area (Å²) in [6, 6.07) is 8.48. The smallest absolute Gasteiger partial charge is 0.416 e. The van der Waals surface area contributed by atoms with Gasteiger partial charge in [-0.25, -0.2) is 17.2 Å². The molecule has 0 saturated carbocycles. The van der Waals surface area contributed by atoms with Crippen LogP contribution in [0.1, 0.15) is 12.0 Å². The van der Waals surface area contributed by atoms with E-state index in [0.29, 0.717) is 12.1 Å². The summed E-state index contributed by atoms with van der Waals surface area (Å²) in [5.41, 5.74) is -1.66. The second-order valence-corrected chi connectivity index (χ2v) is 11.2. The molecule has 0 bridgehead atoms. The number of methoxy groups -OCH3 is 1. The molecule has 0 amide bonds. The molecule has 0 spiro atoms. The molecule has 0 aliphatic carbocycles. The number of hydrogen-bond donors (Lipinski definition) is 1. The van der Waals surface area contributed by atoms with E-state index in [1.807, 2.05) is 0 Å². The summed E-state index contributed by atoms with van der Waals surface area (Å²) in [6.07, 6.45) is -6.07. The molecule has 3 aromatic rings. The van der Waals surface area contributed by atoms with Crippen molar-refractivity contribution in [1.82, 2.24) is 0 Å². The number of carboxylic acid groups (broad SMARTS) is 1. The minimum absolute atomic E-state index is 0.00624. The summed E-state index contributed by atoms with van der Waals surface area (Å²) in [5.74, 6) is -4.22. The first kappa shape index (κ1) is 29.6. The lowest BCUT2D eigenvalue weighted by Crippen LogP contribution is -2.45. The van der Waals surface area contributed by atoms with Crippen molar-refractivity contribution in [2.75, 3.05) is 24.6 Å². The predicted octanol–water partition coefficient (Wildman–Crippen LogP) is 6.00. The molecule has 0 saturated heterocycles. The molecule has 7 nitrogen and oxygen atoms in total. The van der Waals surface area contributed by atoms with Crippen LogP contribution in [0.5, 0.6) is 5.75 Å². The van der Waals surface area contributed by atoms with Gasteiger partial charge in [-0.1, -0.05) is 23.7 Å². The van der Waals surface area contributed by atoms with Crippen LogP contribution in [0.2, 0.25) is 5.02 Å². The minimum Gasteiger partial charge on any atom is -0.486 e. The lowest BCUT2D eigenvalue weighted by molar-refractivity contribution is -0.144. The first-order valence-electron chi connectivity index (χ1n) is 11.6. The number of carbonyl (C=O) groups is 1. The van der Waals surface area contributed by atoms with Gasteiger partial charge in [0.1, 0.15) is 23.5 Å². The number of halogens is 6. The van der Waals surface area contributed by atoms with Gasteiger partial charge < -0.3 is 14.6 Å². The highest BCUT2D eigenvalue weighted by Gasteiger charge is 2.38. The quantitative estimate of drug-likeness (QED) is 0.250. The number of sulfonamides is 1. The molecule has 1 aliphatic rings. The molecule has 40 heavy (non-hydrogen) atoms. The monoisotopic (exact) mass is 605 g/mol. The van der Waals surface area contributed by atoms with Crippen LogP contribution in [0, 0.1) is 17.6 Å². The third-order valence-corrected chi connectivity index (χ3v) is 8.26. The molecule has 1 unspecified atom stereocenters. The SMILES string of the molecule is COCC(C[C@H]1CN(S(=O)(=O)c2cccc(C(F)(F)F)c2)c2cc(-c3cc(F)cc(Cl)c3F)ccc2O1)C(=O)O. The van der Waals surface area contributed by atoms with Crippen molar-refractivity contribution in [1.29, 1.82) is 0 Å². The first-order chi connectivity index (χ1) is 18.7. The van der Waals surface area contributed by atoms with E-state index in [4.69, 9.17) is 21.1 Å². The van der Waals surface area contributed by atoms with Crippen LogP contribution in [0.4, 0.5) is 27.6 Å². The lowest BCUT2D eigenvalue weighted by atomic mass is 10.00. The van der Waals surface area contributed by atoms with Crippen LogP contribution in [-0.2, 0) is 25.7 Å². The van der Waals surface area contributed by atoms with Crippen LogP contribution in [-0.4, -0.2) is 45.9 Å². The third kappa shape index (κ3) is 6.01. The van der Waals surface area contributed by atoms with E-state index in [-0.39, 0.29) is 35.6 Å². The largest absolute Gasteiger partial charge is 0.486 e. The second-order valence-electron chi connectivity index (χ2n) is 8.96. The Balaban J connectivity index is 1.85. The van der Waals surface area contributed by atoms with Crippen molar-refractivity contribution < 1.29 is 49.7 Å². The fourth-order valence-electron chi connectivity index (χ4n) is 4.31.